The standard InChI is InChI=1S/C15H20N6O2/c22-14(9-20-7-5-17-12-20)19-10-15(23)2-1-6-21(11-15)13-8-16-3-4-18-13/h3-5,7-8,12,23H,1-2,6,9-11H2,(H,19,22)/t15-/m1/s1. The highest BCUT2D eigenvalue weighted by Crippen LogP contribution is 2.23. The molecule has 122 valence electrons. The summed E-state index contributed by atoms with van der Waals surface area (Å²) in [5, 5.41) is 13.6. The van der Waals surface area contributed by atoms with Crippen LogP contribution in [0.25, 0.3) is 0 Å². The number of amides is 1. The second-order valence-corrected chi connectivity index (χ2v) is 5.82. The number of hydrogen-bond donors (Lipinski definition) is 2. The van der Waals surface area contributed by atoms with Crippen LogP contribution in [0.15, 0.2) is 37.3 Å². The van der Waals surface area contributed by atoms with Crippen molar-refractivity contribution in [1.82, 2.24) is 24.8 Å². The Balaban J connectivity index is 1.55. The highest BCUT2D eigenvalue weighted by Gasteiger charge is 2.34. The molecular formula is C15H20N6O2. The minimum Gasteiger partial charge on any atom is -0.386 e. The van der Waals surface area contributed by atoms with E-state index >= 15 is 0 Å². The van der Waals surface area contributed by atoms with Gasteiger partial charge in [0.05, 0.1) is 18.1 Å². The summed E-state index contributed by atoms with van der Waals surface area (Å²) in [5.41, 5.74) is -0.958. The van der Waals surface area contributed by atoms with E-state index in [1.807, 2.05) is 4.90 Å². The summed E-state index contributed by atoms with van der Waals surface area (Å²) in [6.45, 7) is 1.67. The van der Waals surface area contributed by atoms with Crippen molar-refractivity contribution in [2.45, 2.75) is 25.0 Å². The van der Waals surface area contributed by atoms with E-state index in [9.17, 15) is 9.90 Å². The molecule has 8 heteroatoms. The van der Waals surface area contributed by atoms with Gasteiger partial charge in [0.2, 0.25) is 5.91 Å². The summed E-state index contributed by atoms with van der Waals surface area (Å²) >= 11 is 0. The Bertz CT molecular complexity index is 633. The van der Waals surface area contributed by atoms with Crippen molar-refractivity contribution < 1.29 is 9.90 Å². The summed E-state index contributed by atoms with van der Waals surface area (Å²) in [7, 11) is 0. The Hall–Kier alpha value is -2.48. The smallest absolute Gasteiger partial charge is 0.240 e. The minimum atomic E-state index is -0.958. The maximum atomic E-state index is 11.9. The Labute approximate surface area is 134 Å². The number of β-amino-alcohol motifs (C(OH)–C–C–N with tert-alkyl or cyclic N) is 1. The van der Waals surface area contributed by atoms with Crippen molar-refractivity contribution in [3.05, 3.63) is 37.3 Å². The topological polar surface area (TPSA) is 96.2 Å². The van der Waals surface area contributed by atoms with Gasteiger partial charge in [-0.3, -0.25) is 9.78 Å². The van der Waals surface area contributed by atoms with Crippen LogP contribution in [0, 0.1) is 0 Å². The summed E-state index contributed by atoms with van der Waals surface area (Å²) in [4.78, 5) is 26.2. The van der Waals surface area contributed by atoms with Crippen LogP contribution in [-0.2, 0) is 11.3 Å². The number of aliphatic hydroxyl groups is 1. The first kappa shape index (κ1) is 15.4. The first-order valence-electron chi connectivity index (χ1n) is 7.60. The van der Waals surface area contributed by atoms with Gasteiger partial charge in [0.1, 0.15) is 12.4 Å². The second-order valence-electron chi connectivity index (χ2n) is 5.82. The zero-order valence-electron chi connectivity index (χ0n) is 12.8. The van der Waals surface area contributed by atoms with Crippen molar-refractivity contribution >= 4 is 11.7 Å². The fourth-order valence-electron chi connectivity index (χ4n) is 2.77. The van der Waals surface area contributed by atoms with Gasteiger partial charge in [-0.2, -0.15) is 0 Å². The molecule has 1 atom stereocenters. The fraction of sp³-hybridized carbons (Fsp3) is 0.467. The quantitative estimate of drug-likeness (QED) is 0.794. The number of aromatic nitrogens is 4. The first-order chi connectivity index (χ1) is 11.1. The first-order valence-corrected chi connectivity index (χ1v) is 7.60. The predicted octanol–water partition coefficient (Wildman–Crippen LogP) is -0.179. The maximum absolute atomic E-state index is 11.9. The molecule has 0 unspecified atom stereocenters. The van der Waals surface area contributed by atoms with Gasteiger partial charge in [0.15, 0.2) is 0 Å². The van der Waals surface area contributed by atoms with Crippen LogP contribution in [0.4, 0.5) is 5.82 Å². The molecule has 2 aromatic heterocycles. The Morgan fingerprint density at radius 3 is 3.00 bits per heavy atom. The third-order valence-corrected chi connectivity index (χ3v) is 3.93. The van der Waals surface area contributed by atoms with Crippen LogP contribution in [-0.4, -0.2) is 55.8 Å². The lowest BCUT2D eigenvalue weighted by molar-refractivity contribution is -0.123. The minimum absolute atomic E-state index is 0.145. The number of imidazole rings is 1. The molecule has 0 radical (unpaired) electrons. The molecule has 2 N–H and O–H groups in total. The van der Waals surface area contributed by atoms with Gasteiger partial charge in [-0.05, 0) is 12.8 Å². The van der Waals surface area contributed by atoms with E-state index < -0.39 is 5.60 Å². The van der Waals surface area contributed by atoms with Crippen LogP contribution < -0.4 is 10.2 Å². The number of anilines is 1. The monoisotopic (exact) mass is 316 g/mol. The van der Waals surface area contributed by atoms with Crippen molar-refractivity contribution in [1.29, 1.82) is 0 Å². The number of hydrogen-bond acceptors (Lipinski definition) is 6. The average Bonchev–Trinajstić information content (AvgIpc) is 3.07. The molecule has 1 amide bonds. The lowest BCUT2D eigenvalue weighted by atomic mass is 9.92. The summed E-state index contributed by atoms with van der Waals surface area (Å²) in [5.74, 6) is 0.600. The Morgan fingerprint density at radius 2 is 2.26 bits per heavy atom. The highest BCUT2D eigenvalue weighted by atomic mass is 16.3. The molecular weight excluding hydrogens is 296 g/mol. The third kappa shape index (κ3) is 4.04. The second kappa shape index (κ2) is 6.74. The van der Waals surface area contributed by atoms with E-state index in [2.05, 4.69) is 20.3 Å². The molecule has 0 aliphatic carbocycles. The van der Waals surface area contributed by atoms with Crippen LogP contribution in [0.2, 0.25) is 0 Å². The molecule has 3 rings (SSSR count). The molecule has 1 saturated heterocycles. The molecule has 2 aromatic rings. The summed E-state index contributed by atoms with van der Waals surface area (Å²) < 4.78 is 1.69. The van der Waals surface area contributed by atoms with E-state index in [-0.39, 0.29) is 19.0 Å². The maximum Gasteiger partial charge on any atom is 0.240 e. The van der Waals surface area contributed by atoms with Gasteiger partial charge in [-0.25, -0.2) is 9.97 Å². The lowest BCUT2D eigenvalue weighted by Crippen LogP contribution is -2.54. The SMILES string of the molecule is O=C(Cn1ccnc1)NC[C@]1(O)CCCN(c2cnccn2)C1. The van der Waals surface area contributed by atoms with Gasteiger partial charge in [-0.15, -0.1) is 0 Å². The van der Waals surface area contributed by atoms with Crippen molar-refractivity contribution in [3.8, 4) is 0 Å². The van der Waals surface area contributed by atoms with Crippen LogP contribution in [0.3, 0.4) is 0 Å². The van der Waals surface area contributed by atoms with Crippen LogP contribution in [0.1, 0.15) is 12.8 Å². The average molecular weight is 316 g/mol. The number of rotatable bonds is 5. The molecule has 8 nitrogen and oxygen atoms in total. The largest absolute Gasteiger partial charge is 0.386 e. The van der Waals surface area contributed by atoms with E-state index in [4.69, 9.17) is 0 Å². The zero-order valence-corrected chi connectivity index (χ0v) is 12.8. The Morgan fingerprint density at radius 1 is 1.35 bits per heavy atom. The van der Waals surface area contributed by atoms with E-state index in [1.165, 1.54) is 0 Å². The van der Waals surface area contributed by atoms with Crippen molar-refractivity contribution in [2.75, 3.05) is 24.5 Å². The number of carbonyl (C=O) groups excluding carboxylic acids is 1. The fourth-order valence-corrected chi connectivity index (χ4v) is 2.77. The molecule has 0 spiro atoms. The number of carbonyl (C=O) groups is 1. The summed E-state index contributed by atoms with van der Waals surface area (Å²) in [6, 6.07) is 0. The Kier molecular flexibility index (Phi) is 4.52. The zero-order chi connectivity index (χ0) is 16.1. The molecule has 0 aromatic carbocycles. The van der Waals surface area contributed by atoms with Gasteiger partial charge in [0, 0.05) is 44.4 Å². The van der Waals surface area contributed by atoms with Gasteiger partial charge >= 0.3 is 0 Å². The molecule has 1 aliphatic heterocycles. The summed E-state index contributed by atoms with van der Waals surface area (Å²) in [6.07, 6.45) is 11.4. The van der Waals surface area contributed by atoms with E-state index in [0.29, 0.717) is 13.0 Å². The molecule has 1 fully saturated rings. The molecule has 1 aliphatic rings. The van der Waals surface area contributed by atoms with E-state index in [0.717, 1.165) is 18.8 Å². The molecule has 3 heterocycles. The number of piperidine rings is 1. The molecule has 0 bridgehead atoms. The third-order valence-electron chi connectivity index (χ3n) is 3.93. The normalized spacial score (nSPS) is 21.2. The van der Waals surface area contributed by atoms with Gasteiger partial charge in [0.25, 0.3) is 0 Å². The van der Waals surface area contributed by atoms with Crippen molar-refractivity contribution in [2.24, 2.45) is 0 Å². The molecule has 23 heavy (non-hydrogen) atoms. The van der Waals surface area contributed by atoms with Crippen molar-refractivity contribution in [3.63, 3.8) is 0 Å². The van der Waals surface area contributed by atoms with Gasteiger partial charge < -0.3 is 19.9 Å². The predicted molar refractivity (Wildman–Crippen MR) is 83.7 cm³/mol. The lowest BCUT2D eigenvalue weighted by Gasteiger charge is -2.39. The van der Waals surface area contributed by atoms with Crippen LogP contribution in [0.5, 0.6) is 0 Å². The molecule has 0 saturated carbocycles. The number of nitrogens with zero attached hydrogens (tertiary/aromatic N) is 5. The van der Waals surface area contributed by atoms with Crippen LogP contribution >= 0.6 is 0 Å². The number of nitrogens with one attached hydrogen (secondary N) is 1. The van der Waals surface area contributed by atoms with Gasteiger partial charge in [-0.1, -0.05) is 0 Å². The highest BCUT2D eigenvalue weighted by molar-refractivity contribution is 5.75. The van der Waals surface area contributed by atoms with E-state index in [1.54, 1.807) is 41.9 Å².